The van der Waals surface area contributed by atoms with Gasteiger partial charge >= 0.3 is 0 Å². The van der Waals surface area contributed by atoms with E-state index in [-0.39, 0.29) is 5.54 Å². The van der Waals surface area contributed by atoms with Gasteiger partial charge in [0.2, 0.25) is 0 Å². The topological polar surface area (TPSA) is 32.5 Å². The predicted molar refractivity (Wildman–Crippen MR) is 83.9 cm³/mol. The van der Waals surface area contributed by atoms with Crippen molar-refractivity contribution in [2.75, 3.05) is 33.2 Å². The lowest BCUT2D eigenvalue weighted by Crippen LogP contribution is -2.69. The lowest BCUT2D eigenvalue weighted by molar-refractivity contribution is -0.0596. The summed E-state index contributed by atoms with van der Waals surface area (Å²) in [7, 11) is 2.21. The molecule has 0 aliphatic carbocycles. The number of rotatable bonds is 4. The molecule has 4 heteroatoms. The highest BCUT2D eigenvalue weighted by Crippen LogP contribution is 2.39. The molecule has 0 spiro atoms. The number of hydrogen-bond donors (Lipinski definition) is 1. The fraction of sp³-hybridized carbons (Fsp3) is 0.625. The monoisotopic (exact) mass is 293 g/mol. The van der Waals surface area contributed by atoms with Gasteiger partial charge in [-0.2, -0.15) is 0 Å². The Morgan fingerprint density at radius 1 is 1.35 bits per heavy atom. The van der Waals surface area contributed by atoms with Crippen molar-refractivity contribution in [3.8, 4) is 0 Å². The van der Waals surface area contributed by atoms with Gasteiger partial charge in [-0.25, -0.2) is 0 Å². The van der Waals surface area contributed by atoms with Crippen LogP contribution in [0.4, 0.5) is 0 Å². The van der Waals surface area contributed by atoms with Crippen LogP contribution in [-0.4, -0.2) is 48.6 Å². The SMILES string of the molecule is CN(Cc1ccccc1Cl)C1(CN)CN2CCC1CC2. The third-order valence-electron chi connectivity index (χ3n) is 5.32. The Labute approximate surface area is 126 Å². The first-order chi connectivity index (χ1) is 9.65. The average molecular weight is 294 g/mol. The molecule has 2 N–H and O–H groups in total. The van der Waals surface area contributed by atoms with E-state index in [9.17, 15) is 0 Å². The van der Waals surface area contributed by atoms with Crippen molar-refractivity contribution in [2.24, 2.45) is 11.7 Å². The summed E-state index contributed by atoms with van der Waals surface area (Å²) >= 11 is 6.31. The number of halogens is 1. The summed E-state index contributed by atoms with van der Waals surface area (Å²) in [5.74, 6) is 0.727. The van der Waals surface area contributed by atoms with E-state index in [4.69, 9.17) is 17.3 Å². The van der Waals surface area contributed by atoms with Gasteiger partial charge in [-0.1, -0.05) is 29.8 Å². The summed E-state index contributed by atoms with van der Waals surface area (Å²) in [6.07, 6.45) is 2.56. The van der Waals surface area contributed by atoms with Crippen LogP contribution in [0.1, 0.15) is 18.4 Å². The molecule has 1 aromatic carbocycles. The Balaban J connectivity index is 1.81. The van der Waals surface area contributed by atoms with Gasteiger partial charge in [0.1, 0.15) is 0 Å². The average Bonchev–Trinajstić information content (AvgIpc) is 2.50. The maximum Gasteiger partial charge on any atom is 0.0487 e. The van der Waals surface area contributed by atoms with Crippen molar-refractivity contribution in [3.63, 3.8) is 0 Å². The Morgan fingerprint density at radius 2 is 2.05 bits per heavy atom. The molecule has 110 valence electrons. The third kappa shape index (κ3) is 2.37. The van der Waals surface area contributed by atoms with Crippen LogP contribution in [0.2, 0.25) is 5.02 Å². The Kier molecular flexibility index (Phi) is 4.04. The quantitative estimate of drug-likeness (QED) is 0.924. The Morgan fingerprint density at radius 3 is 2.60 bits per heavy atom. The molecule has 3 aliphatic rings. The highest BCUT2D eigenvalue weighted by atomic mass is 35.5. The molecule has 20 heavy (non-hydrogen) atoms. The molecule has 0 amide bonds. The normalized spacial score (nSPS) is 32.8. The summed E-state index contributed by atoms with van der Waals surface area (Å²) in [5.41, 5.74) is 7.53. The molecule has 1 unspecified atom stereocenters. The van der Waals surface area contributed by atoms with E-state index in [1.54, 1.807) is 0 Å². The van der Waals surface area contributed by atoms with Gasteiger partial charge in [-0.3, -0.25) is 4.90 Å². The fourth-order valence-corrected chi connectivity index (χ4v) is 4.20. The lowest BCUT2D eigenvalue weighted by atomic mass is 9.71. The number of nitrogens with zero attached hydrogens (tertiary/aromatic N) is 2. The highest BCUT2D eigenvalue weighted by Gasteiger charge is 2.48. The van der Waals surface area contributed by atoms with Gasteiger partial charge in [-0.15, -0.1) is 0 Å². The second-order valence-electron chi connectivity index (χ2n) is 6.31. The van der Waals surface area contributed by atoms with Crippen molar-refractivity contribution < 1.29 is 0 Å². The molecule has 1 aromatic rings. The number of piperidine rings is 3. The first-order valence-electron chi connectivity index (χ1n) is 7.53. The lowest BCUT2D eigenvalue weighted by Gasteiger charge is -2.57. The highest BCUT2D eigenvalue weighted by molar-refractivity contribution is 6.31. The second-order valence-corrected chi connectivity index (χ2v) is 6.71. The molecule has 2 bridgehead atoms. The fourth-order valence-electron chi connectivity index (χ4n) is 4.00. The largest absolute Gasteiger partial charge is 0.329 e. The van der Waals surface area contributed by atoms with Crippen LogP contribution in [0.3, 0.4) is 0 Å². The minimum Gasteiger partial charge on any atom is -0.329 e. The molecule has 3 heterocycles. The van der Waals surface area contributed by atoms with E-state index < -0.39 is 0 Å². The molecule has 1 atom stereocenters. The van der Waals surface area contributed by atoms with E-state index in [0.717, 1.165) is 30.6 Å². The first-order valence-corrected chi connectivity index (χ1v) is 7.90. The zero-order valence-electron chi connectivity index (χ0n) is 12.2. The molecular weight excluding hydrogens is 270 g/mol. The van der Waals surface area contributed by atoms with E-state index in [1.165, 1.54) is 31.5 Å². The van der Waals surface area contributed by atoms with Crippen molar-refractivity contribution in [3.05, 3.63) is 34.9 Å². The Bertz CT molecular complexity index is 471. The molecule has 3 saturated heterocycles. The van der Waals surface area contributed by atoms with E-state index in [1.807, 2.05) is 12.1 Å². The smallest absolute Gasteiger partial charge is 0.0487 e. The summed E-state index contributed by atoms with van der Waals surface area (Å²) in [6.45, 7) is 5.20. The van der Waals surface area contributed by atoms with Crippen molar-refractivity contribution in [2.45, 2.75) is 24.9 Å². The minimum absolute atomic E-state index is 0.121. The standard InChI is InChI=1S/C16H24ClN3/c1-19(10-13-4-2-3-5-15(13)17)16(11-18)12-20-8-6-14(16)7-9-20/h2-5,14H,6-12,18H2,1H3. The van der Waals surface area contributed by atoms with E-state index in [0.29, 0.717) is 0 Å². The zero-order valence-corrected chi connectivity index (χ0v) is 12.9. The maximum absolute atomic E-state index is 6.31. The number of hydrogen-bond acceptors (Lipinski definition) is 3. The van der Waals surface area contributed by atoms with Gasteiger partial charge in [0.15, 0.2) is 0 Å². The summed E-state index contributed by atoms with van der Waals surface area (Å²) in [4.78, 5) is 5.01. The molecule has 3 nitrogen and oxygen atoms in total. The number of fused-ring (bicyclic) bond motifs is 3. The van der Waals surface area contributed by atoms with Crippen LogP contribution >= 0.6 is 11.6 Å². The van der Waals surface area contributed by atoms with Crippen LogP contribution in [0.25, 0.3) is 0 Å². The third-order valence-corrected chi connectivity index (χ3v) is 5.69. The molecule has 3 fully saturated rings. The van der Waals surface area contributed by atoms with Gasteiger partial charge in [0.05, 0.1) is 0 Å². The molecule has 0 aromatic heterocycles. The van der Waals surface area contributed by atoms with Gasteiger partial charge < -0.3 is 10.6 Å². The van der Waals surface area contributed by atoms with Crippen molar-refractivity contribution >= 4 is 11.6 Å². The van der Waals surface area contributed by atoms with E-state index >= 15 is 0 Å². The van der Waals surface area contributed by atoms with E-state index in [2.05, 4.69) is 29.0 Å². The van der Waals surface area contributed by atoms with Crippen LogP contribution in [0.5, 0.6) is 0 Å². The van der Waals surface area contributed by atoms with Gasteiger partial charge in [0, 0.05) is 30.2 Å². The summed E-state index contributed by atoms with van der Waals surface area (Å²) < 4.78 is 0. The van der Waals surface area contributed by atoms with Crippen LogP contribution < -0.4 is 5.73 Å². The van der Waals surface area contributed by atoms with Crippen LogP contribution in [-0.2, 0) is 6.54 Å². The van der Waals surface area contributed by atoms with Crippen molar-refractivity contribution in [1.29, 1.82) is 0 Å². The van der Waals surface area contributed by atoms with Crippen molar-refractivity contribution in [1.82, 2.24) is 9.80 Å². The maximum atomic E-state index is 6.31. The van der Waals surface area contributed by atoms with Crippen LogP contribution in [0, 0.1) is 5.92 Å². The summed E-state index contributed by atoms with van der Waals surface area (Å²) in [6, 6.07) is 8.13. The molecule has 0 radical (unpaired) electrons. The zero-order chi connectivity index (χ0) is 14.2. The molecule has 0 saturated carbocycles. The van der Waals surface area contributed by atoms with Gasteiger partial charge in [-0.05, 0) is 50.5 Å². The van der Waals surface area contributed by atoms with Gasteiger partial charge in [0.25, 0.3) is 0 Å². The molecule has 3 aliphatic heterocycles. The summed E-state index contributed by atoms with van der Waals surface area (Å²) in [5, 5.41) is 0.854. The predicted octanol–water partition coefficient (Wildman–Crippen LogP) is 2.19. The number of nitrogens with two attached hydrogens (primary N) is 1. The second kappa shape index (κ2) is 5.64. The number of likely N-dealkylation sites (N-methyl/N-ethyl adjacent to an activating group) is 1. The molecular formula is C16H24ClN3. The molecule has 4 rings (SSSR count). The minimum atomic E-state index is 0.121. The number of benzene rings is 1. The Hall–Kier alpha value is -0.610. The first kappa shape index (κ1) is 14.3. The van der Waals surface area contributed by atoms with Crippen LogP contribution in [0.15, 0.2) is 24.3 Å².